The average Bonchev–Trinajstić information content (AvgIpc) is 3.46. The first-order chi connectivity index (χ1) is 24.3. The molecule has 1 unspecified atom stereocenters. The van der Waals surface area contributed by atoms with Crippen LogP contribution in [0.2, 0.25) is 0 Å². The summed E-state index contributed by atoms with van der Waals surface area (Å²) in [6.07, 6.45) is 4.02. The topological polar surface area (TPSA) is 112 Å². The molecule has 1 aromatic rings. The van der Waals surface area contributed by atoms with E-state index in [4.69, 9.17) is 43.2 Å². The summed E-state index contributed by atoms with van der Waals surface area (Å²) in [6.45, 7) is 12.8. The fraction of sp³-hybridized carbons (Fsp3) is 0.821. The molecule has 2 saturated carbocycles. The minimum absolute atomic E-state index is 0.0363. The van der Waals surface area contributed by atoms with Gasteiger partial charge < -0.3 is 23.7 Å². The van der Waals surface area contributed by atoms with Gasteiger partial charge >= 0.3 is 6.09 Å². The van der Waals surface area contributed by atoms with Gasteiger partial charge in [-0.25, -0.2) is 28.7 Å². The molecule has 8 aliphatic heterocycles. The molecule has 8 saturated heterocycles. The van der Waals surface area contributed by atoms with Gasteiger partial charge in [-0.2, -0.15) is 0 Å². The number of amides is 1. The maximum absolute atomic E-state index is 14.1. The zero-order chi connectivity index (χ0) is 35.5. The number of fused-ring (bicyclic) bond motifs is 4. The number of ether oxygens (including phenoxy) is 5. The van der Waals surface area contributed by atoms with Crippen molar-refractivity contribution in [2.75, 3.05) is 5.32 Å². The van der Waals surface area contributed by atoms with Gasteiger partial charge in [0.2, 0.25) is 11.6 Å². The molecule has 2 aliphatic carbocycles. The molecule has 10 aliphatic rings. The molecule has 282 valence electrons. The van der Waals surface area contributed by atoms with Crippen LogP contribution in [0.15, 0.2) is 24.3 Å². The fourth-order valence-corrected chi connectivity index (χ4v) is 11.9. The van der Waals surface area contributed by atoms with Gasteiger partial charge in [0.05, 0.1) is 6.10 Å². The van der Waals surface area contributed by atoms with E-state index >= 15 is 0 Å². The van der Waals surface area contributed by atoms with Gasteiger partial charge in [0.25, 0.3) is 0 Å². The van der Waals surface area contributed by atoms with E-state index in [1.807, 2.05) is 13.8 Å². The highest BCUT2D eigenvalue weighted by molar-refractivity contribution is 5.84. The highest BCUT2D eigenvalue weighted by Crippen LogP contribution is 2.63. The molecule has 10 fully saturated rings. The van der Waals surface area contributed by atoms with E-state index < -0.39 is 59.5 Å². The number of nitrogens with one attached hydrogen (secondary N) is 1. The third-order valence-corrected chi connectivity index (χ3v) is 14.7. The molecular formula is C39H54FNO10. The molecule has 51 heavy (non-hydrogen) atoms. The van der Waals surface area contributed by atoms with Crippen molar-refractivity contribution >= 4 is 11.8 Å². The van der Waals surface area contributed by atoms with E-state index in [0.29, 0.717) is 30.4 Å². The highest BCUT2D eigenvalue weighted by Gasteiger charge is 2.72. The quantitative estimate of drug-likeness (QED) is 0.306. The van der Waals surface area contributed by atoms with E-state index in [-0.39, 0.29) is 41.6 Å². The number of benzene rings is 1. The Morgan fingerprint density at radius 3 is 2.00 bits per heavy atom. The number of rotatable bonds is 5. The summed E-state index contributed by atoms with van der Waals surface area (Å²) in [6, 6.07) is 5.78. The predicted octanol–water partition coefficient (Wildman–Crippen LogP) is 7.63. The lowest BCUT2D eigenvalue weighted by atomic mass is 9.56. The number of halogens is 1. The number of carbonyl (C=O) groups excluding carboxylic acids is 1. The number of hydrogen-bond donors (Lipinski definition) is 1. The molecule has 4 bridgehead atoms. The Labute approximate surface area is 299 Å². The highest BCUT2D eigenvalue weighted by atomic mass is 19.1. The van der Waals surface area contributed by atoms with Crippen LogP contribution < -0.4 is 5.32 Å². The van der Waals surface area contributed by atoms with Crippen molar-refractivity contribution in [3.05, 3.63) is 30.1 Å². The van der Waals surface area contributed by atoms with Gasteiger partial charge in [-0.05, 0) is 106 Å². The summed E-state index contributed by atoms with van der Waals surface area (Å²) >= 11 is 0. The maximum Gasteiger partial charge on any atom is 0.411 e. The van der Waals surface area contributed by atoms with Gasteiger partial charge in [-0.1, -0.05) is 33.8 Å². The summed E-state index contributed by atoms with van der Waals surface area (Å²) in [4.78, 5) is 38.6. The molecule has 11 nitrogen and oxygen atoms in total. The normalized spacial score (nSPS) is 51.7. The molecule has 0 aromatic heterocycles. The first-order valence-electron chi connectivity index (χ1n) is 19.5. The van der Waals surface area contributed by atoms with Crippen molar-refractivity contribution in [2.24, 2.45) is 47.3 Å². The van der Waals surface area contributed by atoms with Crippen LogP contribution in [0.25, 0.3) is 0 Å². The van der Waals surface area contributed by atoms with Crippen LogP contribution >= 0.6 is 0 Å². The smallest absolute Gasteiger partial charge is 0.411 e. The Morgan fingerprint density at radius 1 is 0.804 bits per heavy atom. The Balaban J connectivity index is 1.05. The molecule has 2 spiro atoms. The van der Waals surface area contributed by atoms with Crippen LogP contribution in [-0.4, -0.2) is 59.8 Å². The zero-order valence-electron chi connectivity index (χ0n) is 30.6. The lowest BCUT2D eigenvalue weighted by Crippen LogP contribution is -2.72. The third-order valence-electron chi connectivity index (χ3n) is 14.7. The molecule has 11 rings (SSSR count). The third kappa shape index (κ3) is 5.36. The number of carbonyl (C=O) groups is 1. The standard InChI is InChI=1S/C39H54FNO10/c1-20-10-12-28-22(3)30(43-33-38(28)26(20)14-16-36(5,46-33)48-50-38)19-31(44-35(42)41-25-9-7-8-24(40)18-25)32-23(4)29-13-11-21(2)27-15-17-37(6)47-34(45-32)39(27,29)51-49-37/h7-9,18,20-23,26-34H,10-17,19H2,1-6H3,(H,41,42)/t20-,21-,22-,23-,26+,27+,28+,29+,30-,31+,32?,33-,34-,36+,37+,38-,39-/m1/s1. The van der Waals surface area contributed by atoms with Crippen LogP contribution in [0.5, 0.6) is 0 Å². The van der Waals surface area contributed by atoms with Crippen molar-refractivity contribution < 1.29 is 52.4 Å². The molecule has 1 N–H and O–H groups in total. The zero-order valence-corrected chi connectivity index (χ0v) is 30.6. The second-order valence-corrected chi connectivity index (χ2v) is 17.6. The van der Waals surface area contributed by atoms with Crippen molar-refractivity contribution in [3.63, 3.8) is 0 Å². The Morgan fingerprint density at radius 2 is 1.39 bits per heavy atom. The van der Waals surface area contributed by atoms with Crippen LogP contribution in [0.4, 0.5) is 14.9 Å². The van der Waals surface area contributed by atoms with E-state index in [1.54, 1.807) is 12.1 Å². The van der Waals surface area contributed by atoms with Gasteiger partial charge in [0.15, 0.2) is 23.8 Å². The summed E-state index contributed by atoms with van der Waals surface area (Å²) in [5, 5.41) is 2.75. The first-order valence-corrected chi connectivity index (χ1v) is 19.5. The SMILES string of the molecule is C[C@H]1[C@@H](C[C@H](OC(=O)Nc2cccc(F)c2)C2O[C@@H]3O[C@]4(C)CC[C@H]5[C@H](C)CC[C@@H]([C@H]2C)[C@@]35OO4)O[C@@H]2O[C@]3(C)CC[C@H]4[C@H](C)CC[C@@H]1[C@@]24OO3. The first kappa shape index (κ1) is 34.8. The van der Waals surface area contributed by atoms with Crippen LogP contribution in [-0.2, 0) is 43.2 Å². The lowest BCUT2D eigenvalue weighted by Gasteiger charge is -2.62. The predicted molar refractivity (Wildman–Crippen MR) is 179 cm³/mol. The second-order valence-electron chi connectivity index (χ2n) is 17.6. The molecule has 1 amide bonds. The van der Waals surface area contributed by atoms with Gasteiger partial charge in [-0.15, -0.1) is 0 Å². The summed E-state index contributed by atoms with van der Waals surface area (Å²) in [5.74, 6) is -0.866. The average molecular weight is 716 g/mol. The number of hydrogen-bond acceptors (Lipinski definition) is 10. The summed E-state index contributed by atoms with van der Waals surface area (Å²) in [7, 11) is 0. The molecule has 12 heteroatoms. The Bertz CT molecular complexity index is 1520. The fourth-order valence-electron chi connectivity index (χ4n) is 11.9. The van der Waals surface area contributed by atoms with Crippen LogP contribution in [0.3, 0.4) is 0 Å². The van der Waals surface area contributed by atoms with E-state index in [0.717, 1.165) is 44.9 Å². The van der Waals surface area contributed by atoms with E-state index in [9.17, 15) is 9.18 Å². The monoisotopic (exact) mass is 715 g/mol. The summed E-state index contributed by atoms with van der Waals surface area (Å²) < 4.78 is 47.8. The molecule has 8 heterocycles. The summed E-state index contributed by atoms with van der Waals surface area (Å²) in [5.41, 5.74) is -1.15. The van der Waals surface area contributed by atoms with Crippen LogP contribution in [0, 0.1) is 53.2 Å². The Kier molecular flexibility index (Phi) is 8.41. The lowest BCUT2D eigenvalue weighted by molar-refractivity contribution is -0.573. The maximum atomic E-state index is 14.1. The van der Waals surface area contributed by atoms with Crippen molar-refractivity contribution in [3.8, 4) is 0 Å². The molecule has 1 aromatic carbocycles. The minimum atomic E-state index is -0.938. The minimum Gasteiger partial charge on any atom is -0.443 e. The van der Waals surface area contributed by atoms with Gasteiger partial charge in [0, 0.05) is 36.8 Å². The molecular weight excluding hydrogens is 661 g/mol. The molecule has 17 atom stereocenters. The molecule has 0 radical (unpaired) electrons. The van der Waals surface area contributed by atoms with Crippen molar-refractivity contribution in [1.82, 2.24) is 0 Å². The van der Waals surface area contributed by atoms with Gasteiger partial charge in [0.1, 0.15) is 18.0 Å². The van der Waals surface area contributed by atoms with E-state index in [2.05, 4.69) is 33.0 Å². The number of anilines is 1. The Hall–Kier alpha value is -1.90. The van der Waals surface area contributed by atoms with Crippen LogP contribution in [0.1, 0.15) is 99.3 Å². The van der Waals surface area contributed by atoms with Crippen molar-refractivity contribution in [1.29, 1.82) is 0 Å². The van der Waals surface area contributed by atoms with Gasteiger partial charge in [-0.3, -0.25) is 5.32 Å². The second kappa shape index (κ2) is 12.3. The van der Waals surface area contributed by atoms with E-state index in [1.165, 1.54) is 12.1 Å². The van der Waals surface area contributed by atoms with Crippen molar-refractivity contribution in [2.45, 2.75) is 153 Å². The largest absolute Gasteiger partial charge is 0.443 e.